The molecular weight excluding hydrogens is 464 g/mol. The number of rotatable bonds is 22. The summed E-state index contributed by atoms with van der Waals surface area (Å²) in [7, 11) is 0. The summed E-state index contributed by atoms with van der Waals surface area (Å²) in [6.45, 7) is 11.3. The van der Waals surface area contributed by atoms with Crippen LogP contribution in [0.5, 0.6) is 0 Å². The number of amides is 1. The number of nitrogens with one attached hydrogen (secondary N) is 1. The summed E-state index contributed by atoms with van der Waals surface area (Å²) in [5.41, 5.74) is 7.37. The highest BCUT2D eigenvalue weighted by Crippen LogP contribution is 2.10. The van der Waals surface area contributed by atoms with Gasteiger partial charge in [-0.25, -0.2) is 4.79 Å². The van der Waals surface area contributed by atoms with E-state index in [1.165, 1.54) is 24.8 Å². The molecule has 0 aliphatic carbocycles. The van der Waals surface area contributed by atoms with Gasteiger partial charge in [0.2, 0.25) is 0 Å². The van der Waals surface area contributed by atoms with E-state index in [1.807, 2.05) is 32.9 Å². The predicted molar refractivity (Wildman–Crippen MR) is 141 cm³/mol. The minimum absolute atomic E-state index is 0.398. The number of nitrogen functional groups attached to an aromatic ring is 1. The molecule has 0 radical (unpaired) electrons. The van der Waals surface area contributed by atoms with Crippen molar-refractivity contribution in [1.29, 1.82) is 0 Å². The third kappa shape index (κ3) is 21.4. The number of unbranched alkanes of at least 4 members (excludes halogenated alkanes) is 3. The van der Waals surface area contributed by atoms with Gasteiger partial charge < -0.3 is 39.5 Å². The van der Waals surface area contributed by atoms with E-state index in [4.69, 9.17) is 34.2 Å². The van der Waals surface area contributed by atoms with Gasteiger partial charge in [-0.15, -0.1) is 0 Å². The van der Waals surface area contributed by atoms with Crippen molar-refractivity contribution in [1.82, 2.24) is 5.32 Å². The topological polar surface area (TPSA) is 111 Å². The first-order chi connectivity index (χ1) is 17.4. The molecular formula is C27H48N2O7. The molecule has 1 aromatic carbocycles. The van der Waals surface area contributed by atoms with E-state index in [-0.39, 0.29) is 0 Å². The molecule has 1 aromatic rings. The van der Waals surface area contributed by atoms with E-state index in [9.17, 15) is 4.79 Å². The van der Waals surface area contributed by atoms with Crippen molar-refractivity contribution in [2.45, 2.75) is 58.5 Å². The molecule has 0 aliphatic heterocycles. The van der Waals surface area contributed by atoms with Crippen molar-refractivity contribution in [3.05, 3.63) is 29.8 Å². The Morgan fingerprint density at radius 3 is 1.69 bits per heavy atom. The molecule has 36 heavy (non-hydrogen) atoms. The van der Waals surface area contributed by atoms with Crippen molar-refractivity contribution >= 4 is 11.8 Å². The number of carbonyl (C=O) groups is 1. The van der Waals surface area contributed by atoms with Crippen LogP contribution in [0.15, 0.2) is 24.3 Å². The van der Waals surface area contributed by atoms with Crippen molar-refractivity contribution in [2.75, 3.05) is 78.3 Å². The van der Waals surface area contributed by atoms with Crippen LogP contribution in [-0.4, -0.2) is 84.3 Å². The largest absolute Gasteiger partial charge is 0.444 e. The summed E-state index contributed by atoms with van der Waals surface area (Å²) in [6, 6.07) is 8.13. The molecule has 0 atom stereocenters. The Bertz CT molecular complexity index is 651. The van der Waals surface area contributed by atoms with Gasteiger partial charge in [0.15, 0.2) is 0 Å². The van der Waals surface area contributed by atoms with Gasteiger partial charge in [0.05, 0.1) is 59.5 Å². The molecule has 0 fully saturated rings. The van der Waals surface area contributed by atoms with E-state index in [1.54, 1.807) is 0 Å². The molecule has 0 saturated heterocycles. The summed E-state index contributed by atoms with van der Waals surface area (Å²) in [4.78, 5) is 11.5. The van der Waals surface area contributed by atoms with E-state index in [2.05, 4.69) is 17.4 Å². The lowest BCUT2D eigenvalue weighted by atomic mass is 10.1. The Labute approximate surface area is 217 Å². The Morgan fingerprint density at radius 1 is 0.694 bits per heavy atom. The lowest BCUT2D eigenvalue weighted by Crippen LogP contribution is -2.34. The van der Waals surface area contributed by atoms with Crippen LogP contribution in [0.4, 0.5) is 10.5 Å². The van der Waals surface area contributed by atoms with Crippen LogP contribution in [0.25, 0.3) is 0 Å². The van der Waals surface area contributed by atoms with Gasteiger partial charge >= 0.3 is 6.09 Å². The summed E-state index contributed by atoms with van der Waals surface area (Å²) in [5.74, 6) is 0. The van der Waals surface area contributed by atoms with Crippen molar-refractivity contribution in [3.63, 3.8) is 0 Å². The maximum absolute atomic E-state index is 11.5. The van der Waals surface area contributed by atoms with E-state index < -0.39 is 11.7 Å². The molecule has 208 valence electrons. The number of carbonyl (C=O) groups excluding carboxylic acids is 1. The molecule has 0 heterocycles. The summed E-state index contributed by atoms with van der Waals surface area (Å²) >= 11 is 0. The maximum Gasteiger partial charge on any atom is 0.407 e. The Morgan fingerprint density at radius 2 is 1.17 bits per heavy atom. The zero-order valence-electron chi connectivity index (χ0n) is 22.6. The Balaban J connectivity index is 1.70. The number of hydrogen-bond acceptors (Lipinski definition) is 8. The average molecular weight is 513 g/mol. The van der Waals surface area contributed by atoms with E-state index >= 15 is 0 Å². The standard InChI is InChI=1S/C27H48N2O7/c1-27(2,3)36-26(30)29-13-15-32-17-19-34-21-23-35-22-20-33-18-16-31-14-7-5-4-6-8-24-9-11-25(28)12-10-24/h9-12H,4-8,13-23,28H2,1-3H3,(H,29,30). The number of alkyl carbamates (subject to hydrolysis) is 1. The van der Waals surface area contributed by atoms with Crippen molar-refractivity contribution < 1.29 is 33.2 Å². The van der Waals surface area contributed by atoms with Crippen LogP contribution in [0, 0.1) is 0 Å². The fourth-order valence-corrected chi connectivity index (χ4v) is 3.09. The molecule has 3 N–H and O–H groups in total. The molecule has 9 heteroatoms. The van der Waals surface area contributed by atoms with Crippen LogP contribution in [0.3, 0.4) is 0 Å². The van der Waals surface area contributed by atoms with E-state index in [0.29, 0.717) is 66.0 Å². The molecule has 1 rings (SSSR count). The van der Waals surface area contributed by atoms with Gasteiger partial charge in [0, 0.05) is 18.8 Å². The number of anilines is 1. The second-order valence-corrected chi connectivity index (χ2v) is 9.40. The third-order valence-electron chi connectivity index (χ3n) is 4.89. The average Bonchev–Trinajstić information content (AvgIpc) is 2.82. The zero-order chi connectivity index (χ0) is 26.3. The number of aryl methyl sites for hydroxylation is 1. The van der Waals surface area contributed by atoms with E-state index in [0.717, 1.165) is 25.1 Å². The van der Waals surface area contributed by atoms with Crippen molar-refractivity contribution in [2.24, 2.45) is 0 Å². The zero-order valence-corrected chi connectivity index (χ0v) is 22.6. The highest BCUT2D eigenvalue weighted by atomic mass is 16.6. The molecule has 9 nitrogen and oxygen atoms in total. The van der Waals surface area contributed by atoms with Crippen LogP contribution in [0.2, 0.25) is 0 Å². The summed E-state index contributed by atoms with van der Waals surface area (Å²) in [6.07, 6.45) is 5.34. The first-order valence-corrected chi connectivity index (χ1v) is 13.1. The van der Waals surface area contributed by atoms with Gasteiger partial charge in [-0.3, -0.25) is 0 Å². The fraction of sp³-hybridized carbons (Fsp3) is 0.741. The molecule has 0 saturated carbocycles. The van der Waals surface area contributed by atoms with Crippen LogP contribution in [-0.2, 0) is 34.8 Å². The minimum Gasteiger partial charge on any atom is -0.444 e. The second kappa shape index (κ2) is 21.2. The summed E-state index contributed by atoms with van der Waals surface area (Å²) < 4.78 is 32.5. The lowest BCUT2D eigenvalue weighted by Gasteiger charge is -2.19. The SMILES string of the molecule is CC(C)(C)OC(=O)NCCOCCOCCOCCOCCOCCCCCCc1ccc(N)cc1. The Kier molecular flexibility index (Phi) is 18.9. The van der Waals surface area contributed by atoms with Gasteiger partial charge in [-0.2, -0.15) is 0 Å². The second-order valence-electron chi connectivity index (χ2n) is 9.40. The Hall–Kier alpha value is -1.91. The normalized spacial score (nSPS) is 11.5. The monoisotopic (exact) mass is 512 g/mol. The number of hydrogen-bond donors (Lipinski definition) is 2. The quantitative estimate of drug-likeness (QED) is 0.177. The highest BCUT2D eigenvalue weighted by molar-refractivity contribution is 5.67. The van der Waals surface area contributed by atoms with Crippen LogP contribution < -0.4 is 11.1 Å². The number of benzene rings is 1. The molecule has 0 unspecified atom stereocenters. The fourth-order valence-electron chi connectivity index (χ4n) is 3.09. The minimum atomic E-state index is -0.498. The first kappa shape index (κ1) is 32.1. The maximum atomic E-state index is 11.5. The molecule has 0 spiro atoms. The molecule has 0 aliphatic rings. The number of nitrogens with two attached hydrogens (primary N) is 1. The third-order valence-corrected chi connectivity index (χ3v) is 4.89. The molecule has 0 aromatic heterocycles. The highest BCUT2D eigenvalue weighted by Gasteiger charge is 2.15. The molecule has 0 bridgehead atoms. The molecule has 1 amide bonds. The summed E-state index contributed by atoms with van der Waals surface area (Å²) in [5, 5.41) is 2.63. The first-order valence-electron chi connectivity index (χ1n) is 13.1. The number of ether oxygens (including phenoxy) is 6. The van der Waals surface area contributed by atoms with Crippen molar-refractivity contribution in [3.8, 4) is 0 Å². The van der Waals surface area contributed by atoms with Gasteiger partial charge in [0.1, 0.15) is 5.60 Å². The van der Waals surface area contributed by atoms with Gasteiger partial charge in [-0.1, -0.05) is 25.0 Å². The smallest absolute Gasteiger partial charge is 0.407 e. The predicted octanol–water partition coefficient (Wildman–Crippen LogP) is 3.98. The van der Waals surface area contributed by atoms with Gasteiger partial charge in [0.25, 0.3) is 0 Å². The van der Waals surface area contributed by atoms with Crippen LogP contribution >= 0.6 is 0 Å². The lowest BCUT2D eigenvalue weighted by molar-refractivity contribution is -0.0111. The van der Waals surface area contributed by atoms with Gasteiger partial charge in [-0.05, 0) is 57.7 Å². The van der Waals surface area contributed by atoms with Crippen LogP contribution in [0.1, 0.15) is 52.0 Å².